The Balaban J connectivity index is 1.59. The number of nitrogens with zero attached hydrogens (tertiary/aromatic N) is 1. The number of rotatable bonds is 4. The number of amides is 1. The monoisotopic (exact) mass is 415 g/mol. The number of carbonyl (C=O) groups is 1. The van der Waals surface area contributed by atoms with Crippen molar-refractivity contribution in [3.05, 3.63) is 88.4 Å². The van der Waals surface area contributed by atoms with Gasteiger partial charge in [0.25, 0.3) is 0 Å². The van der Waals surface area contributed by atoms with E-state index < -0.39 is 0 Å². The third kappa shape index (κ3) is 3.93. The molecule has 0 bridgehead atoms. The molecule has 0 saturated carbocycles. The average molecular weight is 416 g/mol. The molecule has 1 aliphatic rings. The van der Waals surface area contributed by atoms with E-state index in [0.29, 0.717) is 21.5 Å². The molecule has 136 valence electrons. The van der Waals surface area contributed by atoms with Crippen molar-refractivity contribution in [2.75, 3.05) is 10.7 Å². The molecule has 1 atom stereocenters. The van der Waals surface area contributed by atoms with Crippen molar-refractivity contribution >= 4 is 46.6 Å². The van der Waals surface area contributed by atoms with Crippen molar-refractivity contribution in [2.45, 2.75) is 5.37 Å². The largest absolute Gasteiger partial charge is 0.457 e. The molecule has 3 nitrogen and oxygen atoms in total. The van der Waals surface area contributed by atoms with Crippen LogP contribution in [0.15, 0.2) is 72.8 Å². The highest BCUT2D eigenvalue weighted by Gasteiger charge is 2.35. The average Bonchev–Trinajstić information content (AvgIpc) is 3.04. The van der Waals surface area contributed by atoms with Crippen molar-refractivity contribution in [1.82, 2.24) is 0 Å². The van der Waals surface area contributed by atoms with Gasteiger partial charge < -0.3 is 4.74 Å². The Bertz CT molecular complexity index is 964. The number of benzene rings is 3. The number of thioether (sulfide) groups is 1. The second-order valence-corrected chi connectivity index (χ2v) is 7.91. The van der Waals surface area contributed by atoms with Gasteiger partial charge in [0, 0.05) is 21.3 Å². The minimum absolute atomic E-state index is 0.0488. The molecular formula is C21H15Cl2NO2S. The van der Waals surface area contributed by atoms with Crippen LogP contribution in [-0.4, -0.2) is 11.7 Å². The van der Waals surface area contributed by atoms with Crippen molar-refractivity contribution in [3.63, 3.8) is 0 Å². The van der Waals surface area contributed by atoms with Crippen LogP contribution >= 0.6 is 35.0 Å². The maximum Gasteiger partial charge on any atom is 0.238 e. The van der Waals surface area contributed by atoms with E-state index in [1.54, 1.807) is 28.8 Å². The van der Waals surface area contributed by atoms with Crippen LogP contribution in [0.2, 0.25) is 10.0 Å². The third-order valence-corrected chi connectivity index (χ3v) is 5.95. The van der Waals surface area contributed by atoms with Gasteiger partial charge in [-0.1, -0.05) is 47.5 Å². The van der Waals surface area contributed by atoms with Crippen LogP contribution in [0, 0.1) is 0 Å². The lowest BCUT2D eigenvalue weighted by Gasteiger charge is -2.25. The highest BCUT2D eigenvalue weighted by molar-refractivity contribution is 8.00. The van der Waals surface area contributed by atoms with Crippen LogP contribution in [0.3, 0.4) is 0 Å². The van der Waals surface area contributed by atoms with Gasteiger partial charge in [-0.05, 0) is 48.5 Å². The van der Waals surface area contributed by atoms with Gasteiger partial charge in [0.15, 0.2) is 0 Å². The highest BCUT2D eigenvalue weighted by atomic mass is 35.5. The Kier molecular flexibility index (Phi) is 5.30. The third-order valence-electron chi connectivity index (χ3n) is 4.19. The molecule has 27 heavy (non-hydrogen) atoms. The smallest absolute Gasteiger partial charge is 0.238 e. The SMILES string of the molecule is O=C1CS[C@@H](c2ccc(Cl)cc2Cl)N1c1ccc(Oc2ccccc2)cc1. The quantitative estimate of drug-likeness (QED) is 0.482. The highest BCUT2D eigenvalue weighted by Crippen LogP contribution is 2.44. The van der Waals surface area contributed by atoms with Crippen molar-refractivity contribution < 1.29 is 9.53 Å². The van der Waals surface area contributed by atoms with E-state index in [9.17, 15) is 4.79 Å². The van der Waals surface area contributed by atoms with Crippen LogP contribution < -0.4 is 9.64 Å². The van der Waals surface area contributed by atoms with E-state index in [-0.39, 0.29) is 11.3 Å². The van der Waals surface area contributed by atoms with Crippen LogP contribution in [0.4, 0.5) is 5.69 Å². The zero-order valence-electron chi connectivity index (χ0n) is 14.1. The molecule has 1 aliphatic heterocycles. The summed E-state index contributed by atoms with van der Waals surface area (Å²) in [6, 6.07) is 22.4. The maximum atomic E-state index is 12.5. The summed E-state index contributed by atoms with van der Waals surface area (Å²) in [4.78, 5) is 14.3. The molecule has 0 aromatic heterocycles. The second-order valence-electron chi connectivity index (χ2n) is 6.00. The fourth-order valence-electron chi connectivity index (χ4n) is 2.93. The maximum absolute atomic E-state index is 12.5. The van der Waals surface area contributed by atoms with E-state index in [1.165, 1.54) is 0 Å². The molecule has 1 saturated heterocycles. The van der Waals surface area contributed by atoms with Gasteiger partial charge in [0.05, 0.1) is 5.75 Å². The number of anilines is 1. The van der Waals surface area contributed by atoms with Crippen LogP contribution in [0.25, 0.3) is 0 Å². The predicted octanol–water partition coefficient (Wildman–Crippen LogP) is 6.56. The summed E-state index contributed by atoms with van der Waals surface area (Å²) in [6.45, 7) is 0. The summed E-state index contributed by atoms with van der Waals surface area (Å²) >= 11 is 13.9. The topological polar surface area (TPSA) is 29.5 Å². The van der Waals surface area contributed by atoms with E-state index in [4.69, 9.17) is 27.9 Å². The first-order chi connectivity index (χ1) is 13.1. The number of hydrogen-bond donors (Lipinski definition) is 0. The number of halogens is 2. The molecule has 4 rings (SSSR count). The fourth-order valence-corrected chi connectivity index (χ4v) is 4.72. The van der Waals surface area contributed by atoms with E-state index in [2.05, 4.69) is 0 Å². The van der Waals surface area contributed by atoms with E-state index >= 15 is 0 Å². The molecule has 1 fully saturated rings. The molecule has 0 unspecified atom stereocenters. The van der Waals surface area contributed by atoms with Crippen molar-refractivity contribution in [1.29, 1.82) is 0 Å². The number of carbonyl (C=O) groups excluding carboxylic acids is 1. The summed E-state index contributed by atoms with van der Waals surface area (Å²) in [7, 11) is 0. The molecule has 0 spiro atoms. The molecule has 0 aliphatic carbocycles. The standard InChI is InChI=1S/C21H15Cl2NO2S/c22-14-6-11-18(19(23)12-14)21-24(20(25)13-27-21)15-7-9-17(10-8-15)26-16-4-2-1-3-5-16/h1-12,21H,13H2/t21-/m0/s1. The summed E-state index contributed by atoms with van der Waals surface area (Å²) < 4.78 is 5.82. The van der Waals surface area contributed by atoms with Gasteiger partial charge >= 0.3 is 0 Å². The number of hydrogen-bond acceptors (Lipinski definition) is 3. The molecule has 1 heterocycles. The molecule has 3 aromatic carbocycles. The molecule has 0 radical (unpaired) electrons. The zero-order chi connectivity index (χ0) is 18.8. The van der Waals surface area contributed by atoms with Crippen LogP contribution in [0.5, 0.6) is 11.5 Å². The van der Waals surface area contributed by atoms with Gasteiger partial charge in [-0.3, -0.25) is 9.69 Å². The molecule has 3 aromatic rings. The van der Waals surface area contributed by atoms with E-state index in [1.807, 2.05) is 60.7 Å². The summed E-state index contributed by atoms with van der Waals surface area (Å²) in [5.74, 6) is 1.94. The Morgan fingerprint density at radius 2 is 1.63 bits per heavy atom. The van der Waals surface area contributed by atoms with Crippen LogP contribution in [0.1, 0.15) is 10.9 Å². The minimum atomic E-state index is -0.178. The van der Waals surface area contributed by atoms with Gasteiger partial charge in [0.2, 0.25) is 5.91 Å². The zero-order valence-corrected chi connectivity index (χ0v) is 16.5. The first kappa shape index (κ1) is 18.2. The lowest BCUT2D eigenvalue weighted by Crippen LogP contribution is -2.27. The predicted molar refractivity (Wildman–Crippen MR) is 112 cm³/mol. The summed E-state index contributed by atoms with van der Waals surface area (Å²) in [6.07, 6.45) is 0. The Morgan fingerprint density at radius 3 is 2.33 bits per heavy atom. The summed E-state index contributed by atoms with van der Waals surface area (Å²) in [5, 5.41) is 0.957. The molecule has 0 N–H and O–H groups in total. The fraction of sp³-hybridized carbons (Fsp3) is 0.0952. The normalized spacial score (nSPS) is 16.6. The first-order valence-electron chi connectivity index (χ1n) is 8.33. The van der Waals surface area contributed by atoms with Gasteiger partial charge in [0.1, 0.15) is 16.9 Å². The van der Waals surface area contributed by atoms with Crippen molar-refractivity contribution in [2.24, 2.45) is 0 Å². The number of ether oxygens (including phenoxy) is 1. The molecular weight excluding hydrogens is 401 g/mol. The van der Waals surface area contributed by atoms with Gasteiger partial charge in [-0.2, -0.15) is 0 Å². The van der Waals surface area contributed by atoms with E-state index in [0.717, 1.165) is 17.0 Å². The lowest BCUT2D eigenvalue weighted by atomic mass is 10.2. The second kappa shape index (κ2) is 7.85. The Hall–Kier alpha value is -2.14. The Labute approximate surface area is 171 Å². The van der Waals surface area contributed by atoms with Gasteiger partial charge in [-0.25, -0.2) is 0 Å². The molecule has 6 heteroatoms. The molecule has 1 amide bonds. The lowest BCUT2D eigenvalue weighted by molar-refractivity contribution is -0.115. The van der Waals surface area contributed by atoms with Crippen LogP contribution in [-0.2, 0) is 4.79 Å². The Morgan fingerprint density at radius 1 is 0.926 bits per heavy atom. The summed E-state index contributed by atoms with van der Waals surface area (Å²) in [5.41, 5.74) is 1.68. The van der Waals surface area contributed by atoms with Gasteiger partial charge in [-0.15, -0.1) is 11.8 Å². The minimum Gasteiger partial charge on any atom is -0.457 e. The van der Waals surface area contributed by atoms with Crippen molar-refractivity contribution in [3.8, 4) is 11.5 Å². The number of para-hydroxylation sites is 1. The first-order valence-corrected chi connectivity index (χ1v) is 10.1.